The van der Waals surface area contributed by atoms with Gasteiger partial charge >= 0.3 is 5.69 Å². The van der Waals surface area contributed by atoms with Crippen LogP contribution in [0.25, 0.3) is 0 Å². The van der Waals surface area contributed by atoms with E-state index in [-0.39, 0.29) is 17.5 Å². The van der Waals surface area contributed by atoms with Gasteiger partial charge in [0.2, 0.25) is 0 Å². The number of hydrogen-bond donors (Lipinski definition) is 0. The molecule has 2 aromatic carbocycles. The number of nitrogens with zero attached hydrogens (tertiary/aromatic N) is 4. The Morgan fingerprint density at radius 2 is 1.58 bits per heavy atom. The van der Waals surface area contributed by atoms with E-state index in [1.165, 1.54) is 58.5 Å². The molecule has 2 aromatic rings. The van der Waals surface area contributed by atoms with Crippen molar-refractivity contribution < 1.29 is 14.4 Å². The van der Waals surface area contributed by atoms with Crippen molar-refractivity contribution in [3.63, 3.8) is 0 Å². The normalized spacial score (nSPS) is 13.4. The Balaban J connectivity index is 2.01. The third-order valence-corrected chi connectivity index (χ3v) is 8.42. The van der Waals surface area contributed by atoms with Gasteiger partial charge in [0.1, 0.15) is 5.75 Å². The van der Waals surface area contributed by atoms with Gasteiger partial charge in [0.25, 0.3) is 0 Å². The van der Waals surface area contributed by atoms with Gasteiger partial charge in [-0.05, 0) is 67.9 Å². The lowest BCUT2D eigenvalue weighted by molar-refractivity contribution is -0.385. The molecule has 0 aliphatic rings. The second kappa shape index (κ2) is 20.4. The number of ether oxygens (including phenoxy) is 2. The third-order valence-electron chi connectivity index (χ3n) is 8.42. The summed E-state index contributed by atoms with van der Waals surface area (Å²) in [6, 6.07) is 15.8. The molecule has 0 heterocycles. The zero-order valence-electron chi connectivity index (χ0n) is 26.9. The van der Waals surface area contributed by atoms with E-state index in [9.17, 15) is 15.4 Å². The first-order valence-corrected chi connectivity index (χ1v) is 16.1. The SMILES string of the molecule is CCCCCCCCCCCCC(C#N)(CCCC(CCc1ccc(OC)c([N+](=O)[O-])c1)N=NC)c1cccc(OC)c1. The fourth-order valence-electron chi connectivity index (χ4n) is 5.85. The lowest BCUT2D eigenvalue weighted by Gasteiger charge is -2.28. The fraction of sp³-hybridized carbons (Fsp3) is 0.629. The molecule has 0 aromatic heterocycles. The highest BCUT2D eigenvalue weighted by molar-refractivity contribution is 5.48. The number of unbranched alkanes of at least 4 members (excludes halogenated alkanes) is 9. The maximum absolute atomic E-state index is 11.4. The van der Waals surface area contributed by atoms with Gasteiger partial charge in [-0.15, -0.1) is 0 Å². The van der Waals surface area contributed by atoms with Gasteiger partial charge < -0.3 is 9.47 Å². The maximum Gasteiger partial charge on any atom is 0.311 e. The van der Waals surface area contributed by atoms with Crippen LogP contribution in [0.3, 0.4) is 0 Å². The number of hydrogen-bond acceptors (Lipinski definition) is 7. The molecule has 0 aliphatic heterocycles. The fourth-order valence-corrected chi connectivity index (χ4v) is 5.85. The number of benzene rings is 2. The van der Waals surface area contributed by atoms with Gasteiger partial charge in [-0.1, -0.05) is 89.3 Å². The minimum atomic E-state index is -0.584. The molecule has 0 saturated heterocycles. The quantitative estimate of drug-likeness (QED) is 0.0552. The molecular weight excluding hydrogens is 540 g/mol. The monoisotopic (exact) mass is 592 g/mol. The molecule has 2 rings (SSSR count). The van der Waals surface area contributed by atoms with Crippen LogP contribution in [0.4, 0.5) is 5.69 Å². The zero-order valence-corrected chi connectivity index (χ0v) is 26.9. The van der Waals surface area contributed by atoms with Crippen LogP contribution >= 0.6 is 0 Å². The van der Waals surface area contributed by atoms with Crippen LogP contribution in [0.5, 0.6) is 11.5 Å². The van der Waals surface area contributed by atoms with Crippen molar-refractivity contribution in [2.75, 3.05) is 21.3 Å². The van der Waals surface area contributed by atoms with E-state index in [4.69, 9.17) is 9.47 Å². The van der Waals surface area contributed by atoms with Crippen LogP contribution in [-0.4, -0.2) is 32.2 Å². The van der Waals surface area contributed by atoms with Crippen LogP contribution in [-0.2, 0) is 11.8 Å². The van der Waals surface area contributed by atoms with Gasteiger partial charge in [0, 0.05) is 13.1 Å². The van der Waals surface area contributed by atoms with E-state index in [1.807, 2.05) is 24.3 Å². The third kappa shape index (κ3) is 12.3. The zero-order chi connectivity index (χ0) is 31.3. The molecule has 0 spiro atoms. The van der Waals surface area contributed by atoms with E-state index in [0.29, 0.717) is 6.42 Å². The highest BCUT2D eigenvalue weighted by atomic mass is 16.6. The average molecular weight is 593 g/mol. The Kier molecular flexibility index (Phi) is 17.0. The van der Waals surface area contributed by atoms with Crippen molar-refractivity contribution in [3.05, 3.63) is 63.7 Å². The van der Waals surface area contributed by atoms with E-state index < -0.39 is 10.3 Å². The van der Waals surface area contributed by atoms with E-state index in [1.54, 1.807) is 26.3 Å². The summed E-state index contributed by atoms with van der Waals surface area (Å²) in [6.07, 6.45) is 17.2. The first-order valence-electron chi connectivity index (χ1n) is 16.1. The molecule has 0 bridgehead atoms. The second-order valence-corrected chi connectivity index (χ2v) is 11.5. The number of aryl methyl sites for hydroxylation is 1. The molecule has 0 N–H and O–H groups in total. The van der Waals surface area contributed by atoms with E-state index in [0.717, 1.165) is 61.8 Å². The van der Waals surface area contributed by atoms with Crippen LogP contribution in [0.1, 0.15) is 114 Å². The van der Waals surface area contributed by atoms with Crippen LogP contribution in [0.2, 0.25) is 0 Å². The standard InChI is InChI=1S/C35H52N4O4/c1-5-6-7-8-9-10-11-12-13-14-24-35(28-36,30-17-15-19-32(27-30)42-3)25-16-18-31(38-37-2)22-20-29-21-23-34(43-4)33(26-29)39(40)41/h15,17,19,21,23,26-27,31H,5-14,16,18,20,22,24-25H2,1-4H3. The minimum absolute atomic E-state index is 0.0230. The molecule has 0 saturated carbocycles. The summed E-state index contributed by atoms with van der Waals surface area (Å²) < 4.78 is 10.6. The van der Waals surface area contributed by atoms with Gasteiger partial charge in [0.05, 0.1) is 36.7 Å². The van der Waals surface area contributed by atoms with Crippen molar-refractivity contribution >= 4 is 5.69 Å². The van der Waals surface area contributed by atoms with Crippen molar-refractivity contribution in [1.82, 2.24) is 0 Å². The van der Waals surface area contributed by atoms with Gasteiger partial charge in [-0.3, -0.25) is 10.1 Å². The summed E-state index contributed by atoms with van der Waals surface area (Å²) in [7, 11) is 4.77. The molecule has 0 amide bonds. The molecule has 8 nitrogen and oxygen atoms in total. The number of nitro groups is 1. The largest absolute Gasteiger partial charge is 0.497 e. The molecule has 8 heteroatoms. The lowest BCUT2D eigenvalue weighted by Crippen LogP contribution is -2.25. The van der Waals surface area contributed by atoms with Crippen LogP contribution in [0, 0.1) is 21.4 Å². The predicted octanol–water partition coefficient (Wildman–Crippen LogP) is 9.94. The minimum Gasteiger partial charge on any atom is -0.497 e. The number of rotatable bonds is 23. The first kappa shape index (κ1) is 35.7. The van der Waals surface area contributed by atoms with Crippen molar-refractivity contribution in [2.24, 2.45) is 10.2 Å². The van der Waals surface area contributed by atoms with Crippen molar-refractivity contribution in [2.45, 2.75) is 121 Å². The molecule has 43 heavy (non-hydrogen) atoms. The predicted molar refractivity (Wildman–Crippen MR) is 173 cm³/mol. The molecule has 2 unspecified atom stereocenters. The van der Waals surface area contributed by atoms with Crippen molar-refractivity contribution in [1.29, 1.82) is 5.26 Å². The smallest absolute Gasteiger partial charge is 0.311 e. The molecule has 2 atom stereocenters. The number of methoxy groups -OCH3 is 2. The number of nitriles is 1. The Bertz CT molecular complexity index is 1160. The Morgan fingerprint density at radius 1 is 0.907 bits per heavy atom. The van der Waals surface area contributed by atoms with Crippen molar-refractivity contribution in [3.8, 4) is 17.6 Å². The Morgan fingerprint density at radius 3 is 2.19 bits per heavy atom. The summed E-state index contributed by atoms with van der Waals surface area (Å²) in [5, 5.41) is 30.5. The van der Waals surface area contributed by atoms with Gasteiger partial charge in [-0.2, -0.15) is 15.5 Å². The molecule has 0 fully saturated rings. The summed E-state index contributed by atoms with van der Waals surface area (Å²) in [5.74, 6) is 1.03. The number of azo groups is 1. The van der Waals surface area contributed by atoms with Gasteiger partial charge in [-0.25, -0.2) is 0 Å². The number of nitro benzene ring substituents is 1. The van der Waals surface area contributed by atoms with Gasteiger partial charge in [0.15, 0.2) is 5.75 Å². The Labute approximate surface area is 259 Å². The topological polar surface area (TPSA) is 110 Å². The van der Waals surface area contributed by atoms with Crippen LogP contribution in [0.15, 0.2) is 52.7 Å². The Hall–Kier alpha value is -3.47. The van der Waals surface area contributed by atoms with E-state index >= 15 is 0 Å². The average Bonchev–Trinajstić information content (AvgIpc) is 3.03. The lowest BCUT2D eigenvalue weighted by atomic mass is 9.73. The molecular formula is C35H52N4O4. The highest BCUT2D eigenvalue weighted by Gasteiger charge is 2.32. The summed E-state index contributed by atoms with van der Waals surface area (Å²) in [5.41, 5.74) is 1.27. The molecule has 236 valence electrons. The van der Waals surface area contributed by atoms with E-state index in [2.05, 4.69) is 29.3 Å². The second-order valence-electron chi connectivity index (χ2n) is 11.5. The summed E-state index contributed by atoms with van der Waals surface area (Å²) in [4.78, 5) is 11.0. The maximum atomic E-state index is 11.4. The molecule has 0 radical (unpaired) electrons. The first-order chi connectivity index (χ1) is 20.9. The molecule has 0 aliphatic carbocycles. The summed E-state index contributed by atoms with van der Waals surface area (Å²) in [6.45, 7) is 2.25. The highest BCUT2D eigenvalue weighted by Crippen LogP contribution is 2.37. The van der Waals surface area contributed by atoms with Crippen LogP contribution < -0.4 is 9.47 Å². The summed E-state index contributed by atoms with van der Waals surface area (Å²) >= 11 is 0.